The summed E-state index contributed by atoms with van der Waals surface area (Å²) in [6.45, 7) is 5.94. The van der Waals surface area contributed by atoms with Crippen molar-refractivity contribution in [2.75, 3.05) is 13.2 Å². The van der Waals surface area contributed by atoms with Gasteiger partial charge in [-0.1, -0.05) is 154 Å². The van der Waals surface area contributed by atoms with Gasteiger partial charge in [0.25, 0.3) is 0 Å². The minimum atomic E-state index is -0.664. The molecule has 0 amide bonds. The predicted octanol–water partition coefficient (Wildman–Crippen LogP) is 16.1. The zero-order valence-electron chi connectivity index (χ0n) is 40.5. The third-order valence-electron chi connectivity index (χ3n) is 11.7. The van der Waals surface area contributed by atoms with Crippen LogP contribution in [-0.4, -0.2) is 37.6 Å². The van der Waals surface area contributed by atoms with Crippen molar-refractivity contribution >= 4 is 35.7 Å². The summed E-state index contributed by atoms with van der Waals surface area (Å²) in [5.74, 6) is 0.494. The number of nitrogens with zero attached hydrogens (tertiary/aromatic N) is 3. The average Bonchev–Trinajstić information content (AvgIpc) is 3.37. The van der Waals surface area contributed by atoms with Crippen molar-refractivity contribution in [1.29, 1.82) is 5.26 Å². The third-order valence-corrected chi connectivity index (χ3v) is 11.7. The predicted molar refractivity (Wildman–Crippen MR) is 276 cm³/mol. The first kappa shape index (κ1) is 52.4. The lowest BCUT2D eigenvalue weighted by molar-refractivity contribution is 0.0732. The van der Waals surface area contributed by atoms with Crippen LogP contribution in [-0.2, 0) is 0 Å². The Labute approximate surface area is 405 Å². The van der Waals surface area contributed by atoms with Gasteiger partial charge in [-0.2, -0.15) is 5.26 Å². The summed E-state index contributed by atoms with van der Waals surface area (Å²) in [6.07, 6.45) is 29.3. The van der Waals surface area contributed by atoms with Crippen molar-refractivity contribution in [3.05, 3.63) is 143 Å². The van der Waals surface area contributed by atoms with Gasteiger partial charge < -0.3 is 18.9 Å². The molecule has 0 bridgehead atoms. The number of nitriles is 1. The molecule has 0 atom stereocenters. The number of benzene rings is 5. The summed E-state index contributed by atoms with van der Waals surface area (Å²) in [4.78, 5) is 35.4. The molecule has 0 saturated carbocycles. The van der Waals surface area contributed by atoms with Crippen molar-refractivity contribution in [3.63, 3.8) is 0 Å². The molecule has 0 unspecified atom stereocenters. The van der Waals surface area contributed by atoms with Crippen LogP contribution in [0, 0.1) is 11.3 Å². The lowest BCUT2D eigenvalue weighted by Crippen LogP contribution is -2.11. The molecule has 0 fully saturated rings. The molecule has 0 aliphatic carbocycles. The number of unbranched alkanes of at least 4 members (excludes halogenated alkanes) is 18. The molecule has 0 radical (unpaired) electrons. The fraction of sp³-hybridized carbons (Fsp3) is 0.407. The first-order valence-electron chi connectivity index (χ1n) is 25.2. The molecular formula is C59H71N3O6. The number of hydrogen-bond acceptors (Lipinski definition) is 9. The smallest absolute Gasteiger partial charge is 0.343 e. The minimum absolute atomic E-state index is 0.0235. The number of carbonyl (C=O) groups is 2. The van der Waals surface area contributed by atoms with E-state index in [4.69, 9.17) is 18.9 Å². The SMILES string of the molecule is CCCCCCCCCCCCOc1ccc(N=Cc2ccc(C(=O)Oc3ccc(C#N)c(OC(=O)c4ccc(C=Nc5ccc(OCCCCCCCCCCCC)cc5)cc4)c3)cc2)cc1. The van der Waals surface area contributed by atoms with Gasteiger partial charge in [0, 0.05) is 18.5 Å². The molecule has 0 aliphatic heterocycles. The second-order valence-corrected chi connectivity index (χ2v) is 17.4. The summed E-state index contributed by atoms with van der Waals surface area (Å²) in [5.41, 5.74) is 3.88. The van der Waals surface area contributed by atoms with Crippen LogP contribution < -0.4 is 18.9 Å². The maximum absolute atomic E-state index is 13.2. The average molecular weight is 918 g/mol. The van der Waals surface area contributed by atoms with Gasteiger partial charge in [0.05, 0.1) is 41.3 Å². The van der Waals surface area contributed by atoms with Crippen LogP contribution in [0.25, 0.3) is 0 Å². The van der Waals surface area contributed by atoms with Crippen LogP contribution in [0.1, 0.15) is 180 Å². The Morgan fingerprint density at radius 2 is 0.824 bits per heavy atom. The fourth-order valence-corrected chi connectivity index (χ4v) is 7.59. The Kier molecular flexibility index (Phi) is 24.2. The topological polar surface area (TPSA) is 120 Å². The molecule has 0 aromatic heterocycles. The summed E-state index contributed by atoms with van der Waals surface area (Å²) >= 11 is 0. The van der Waals surface area contributed by atoms with Crippen molar-refractivity contribution < 1.29 is 28.5 Å². The quantitative estimate of drug-likeness (QED) is 0.0182. The van der Waals surface area contributed by atoms with Gasteiger partial charge in [0.1, 0.15) is 23.3 Å². The highest BCUT2D eigenvalue weighted by Crippen LogP contribution is 2.27. The largest absolute Gasteiger partial charge is 0.494 e. The molecular weight excluding hydrogens is 847 g/mol. The molecule has 0 N–H and O–H groups in total. The molecule has 68 heavy (non-hydrogen) atoms. The summed E-state index contributed by atoms with van der Waals surface area (Å²) in [5, 5.41) is 9.72. The molecule has 0 spiro atoms. The standard InChI is InChI=1S/C59H71N3O6/c1-3-5-7-9-11-13-15-17-19-21-41-65-54-37-32-52(33-38-54)61-45-47-23-27-49(28-24-47)58(63)67-56-36-31-51(44-60)57(43-56)68-59(64)50-29-25-48(26-30-50)46-62-53-34-39-55(40-35-53)66-42-22-20-18-16-14-12-10-8-6-4-2/h23-40,43,45-46H,3-22,41-42H2,1-2H3. The maximum Gasteiger partial charge on any atom is 0.343 e. The van der Waals surface area contributed by atoms with E-state index in [1.54, 1.807) is 61.0 Å². The molecule has 0 aliphatic rings. The van der Waals surface area contributed by atoms with Gasteiger partial charge in [-0.05, 0) is 109 Å². The van der Waals surface area contributed by atoms with Crippen molar-refractivity contribution in [2.24, 2.45) is 9.98 Å². The number of hydrogen-bond donors (Lipinski definition) is 0. The number of rotatable bonds is 32. The van der Waals surface area contributed by atoms with E-state index in [2.05, 4.69) is 23.8 Å². The van der Waals surface area contributed by atoms with E-state index >= 15 is 0 Å². The van der Waals surface area contributed by atoms with Crippen LogP contribution in [0.15, 0.2) is 125 Å². The summed E-state index contributed by atoms with van der Waals surface area (Å²) in [6, 6.07) is 35.3. The first-order chi connectivity index (χ1) is 33.4. The van der Waals surface area contributed by atoms with Crippen molar-refractivity contribution in [2.45, 2.75) is 142 Å². The first-order valence-corrected chi connectivity index (χ1v) is 25.2. The highest BCUT2D eigenvalue weighted by atomic mass is 16.5. The third kappa shape index (κ3) is 20.1. The lowest BCUT2D eigenvalue weighted by Gasteiger charge is -2.09. The zero-order chi connectivity index (χ0) is 47.9. The molecule has 358 valence electrons. The van der Waals surface area contributed by atoms with Gasteiger partial charge >= 0.3 is 11.9 Å². The summed E-state index contributed by atoms with van der Waals surface area (Å²) in [7, 11) is 0. The molecule has 5 aromatic carbocycles. The van der Waals surface area contributed by atoms with E-state index in [9.17, 15) is 14.9 Å². The molecule has 9 nitrogen and oxygen atoms in total. The van der Waals surface area contributed by atoms with Gasteiger partial charge in [-0.3, -0.25) is 9.98 Å². The molecule has 9 heteroatoms. The van der Waals surface area contributed by atoms with E-state index in [1.807, 2.05) is 54.6 Å². The number of carbonyl (C=O) groups excluding carboxylic acids is 2. The number of ether oxygens (including phenoxy) is 4. The molecule has 5 rings (SSSR count). The Bertz CT molecular complexity index is 2310. The monoisotopic (exact) mass is 918 g/mol. The second-order valence-electron chi connectivity index (χ2n) is 17.4. The van der Waals surface area contributed by atoms with Crippen LogP contribution in [0.2, 0.25) is 0 Å². The van der Waals surface area contributed by atoms with Gasteiger partial charge in [-0.15, -0.1) is 0 Å². The van der Waals surface area contributed by atoms with Crippen LogP contribution in [0.3, 0.4) is 0 Å². The normalized spacial score (nSPS) is 11.2. The maximum atomic E-state index is 13.2. The Hall–Kier alpha value is -6.53. The second kappa shape index (κ2) is 31.4. The van der Waals surface area contributed by atoms with Crippen LogP contribution in [0.5, 0.6) is 23.0 Å². The van der Waals surface area contributed by atoms with Crippen molar-refractivity contribution in [3.8, 4) is 29.1 Å². The number of esters is 2. The van der Waals surface area contributed by atoms with Gasteiger partial charge in [-0.25, -0.2) is 9.59 Å². The van der Waals surface area contributed by atoms with Crippen LogP contribution >= 0.6 is 0 Å². The molecule has 0 saturated heterocycles. The zero-order valence-corrected chi connectivity index (χ0v) is 40.5. The minimum Gasteiger partial charge on any atom is -0.494 e. The van der Waals surface area contributed by atoms with Gasteiger partial charge in [0.2, 0.25) is 0 Å². The molecule has 0 heterocycles. The van der Waals surface area contributed by atoms with E-state index in [-0.39, 0.29) is 22.6 Å². The van der Waals surface area contributed by atoms with E-state index in [0.717, 1.165) is 46.8 Å². The molecule has 5 aromatic rings. The highest BCUT2D eigenvalue weighted by molar-refractivity contribution is 5.94. The lowest BCUT2D eigenvalue weighted by atomic mass is 10.1. The number of aliphatic imine (C=N–C) groups is 2. The summed E-state index contributed by atoms with van der Waals surface area (Å²) < 4.78 is 23.1. The fourth-order valence-electron chi connectivity index (χ4n) is 7.59. The van der Waals surface area contributed by atoms with Crippen LogP contribution in [0.4, 0.5) is 11.4 Å². The van der Waals surface area contributed by atoms with E-state index in [0.29, 0.717) is 18.8 Å². The van der Waals surface area contributed by atoms with E-state index in [1.165, 1.54) is 134 Å². The highest BCUT2D eigenvalue weighted by Gasteiger charge is 2.16. The van der Waals surface area contributed by atoms with E-state index < -0.39 is 11.9 Å². The van der Waals surface area contributed by atoms with Crippen molar-refractivity contribution in [1.82, 2.24) is 0 Å². The Balaban J connectivity index is 1.01. The Morgan fingerprint density at radius 1 is 0.456 bits per heavy atom. The Morgan fingerprint density at radius 3 is 1.22 bits per heavy atom. The van der Waals surface area contributed by atoms with Gasteiger partial charge in [0.15, 0.2) is 5.75 Å².